The van der Waals surface area contributed by atoms with Gasteiger partial charge in [0.15, 0.2) is 6.10 Å². The second kappa shape index (κ2) is 7.12. The summed E-state index contributed by atoms with van der Waals surface area (Å²) in [7, 11) is 0. The van der Waals surface area contributed by atoms with Gasteiger partial charge in [-0.15, -0.1) is 0 Å². The molecule has 0 heterocycles. The smallest absolute Gasteiger partial charge is 0.379 e. The third kappa shape index (κ3) is 4.17. The van der Waals surface area contributed by atoms with E-state index in [-0.39, 0.29) is 22.5 Å². The Balaban J connectivity index is 2.31. The van der Waals surface area contributed by atoms with Crippen LogP contribution in [-0.4, -0.2) is 22.1 Å². The number of hydrogen-bond donors (Lipinski definition) is 2. The molecule has 0 bridgehead atoms. The molecule has 9 heteroatoms. The molecule has 0 fully saturated rings. The van der Waals surface area contributed by atoms with Crippen LogP contribution in [0.1, 0.15) is 33.2 Å². The average molecular weight is 368 g/mol. The lowest BCUT2D eigenvalue weighted by Crippen LogP contribution is -2.21. The van der Waals surface area contributed by atoms with E-state index >= 15 is 0 Å². The maximum absolute atomic E-state index is 12.7. The molecule has 1 unspecified atom stereocenters. The topological polar surface area (TPSA) is 92.5 Å². The molecule has 0 aliphatic heterocycles. The summed E-state index contributed by atoms with van der Waals surface area (Å²) in [4.78, 5) is 22.5. The molecule has 0 saturated heterocycles. The first kappa shape index (κ1) is 19.4. The van der Waals surface area contributed by atoms with Gasteiger partial charge in [-0.2, -0.15) is 13.2 Å². The van der Waals surface area contributed by atoms with E-state index in [9.17, 15) is 33.2 Å². The molecule has 6 nitrogen and oxygen atoms in total. The van der Waals surface area contributed by atoms with Crippen molar-refractivity contribution in [3.05, 3.63) is 68.8 Å². The van der Waals surface area contributed by atoms with Crippen molar-refractivity contribution in [2.75, 3.05) is 5.32 Å². The Morgan fingerprint density at radius 2 is 1.77 bits per heavy atom. The van der Waals surface area contributed by atoms with Crippen LogP contribution in [0.25, 0.3) is 0 Å². The van der Waals surface area contributed by atoms with Gasteiger partial charge in [0.2, 0.25) is 0 Å². The zero-order valence-electron chi connectivity index (χ0n) is 13.8. The Labute approximate surface area is 146 Å². The normalized spacial score (nSPS) is 12.5. The van der Waals surface area contributed by atoms with Gasteiger partial charge >= 0.3 is 6.18 Å². The molecule has 1 atom stereocenters. The number of anilines is 1. The Kier molecular flexibility index (Phi) is 5.31. The fraction of sp³-hybridized carbons (Fsp3) is 0.235. The number of carbonyl (C=O) groups excluding carboxylic acids is 1. The molecule has 2 rings (SSSR count). The quantitative estimate of drug-likeness (QED) is 0.629. The fourth-order valence-electron chi connectivity index (χ4n) is 2.49. The lowest BCUT2D eigenvalue weighted by Gasteiger charge is -2.19. The lowest BCUT2D eigenvalue weighted by molar-refractivity contribution is -0.384. The van der Waals surface area contributed by atoms with Crippen molar-refractivity contribution < 1.29 is 28.0 Å². The van der Waals surface area contributed by atoms with Crippen molar-refractivity contribution >= 4 is 17.3 Å². The minimum Gasteiger partial charge on any atom is -0.379 e. The van der Waals surface area contributed by atoms with Crippen molar-refractivity contribution in [2.24, 2.45) is 0 Å². The van der Waals surface area contributed by atoms with Gasteiger partial charge in [-0.25, -0.2) is 0 Å². The van der Waals surface area contributed by atoms with Gasteiger partial charge in [-0.3, -0.25) is 14.9 Å². The van der Waals surface area contributed by atoms with Crippen molar-refractivity contribution in [1.29, 1.82) is 0 Å². The molecular weight excluding hydrogens is 353 g/mol. The molecule has 0 aromatic heterocycles. The molecule has 2 aromatic carbocycles. The third-order valence-corrected chi connectivity index (χ3v) is 3.74. The standard InChI is InChI=1S/C17H15F3N2O4/c1-9-6-12(15(23)17(18,19)20)7-10(2)14(9)21-16(24)11-4-3-5-13(8-11)22(25)26/h3-8,15,23H,1-2H3,(H,21,24). The number of benzene rings is 2. The third-order valence-electron chi connectivity index (χ3n) is 3.74. The van der Waals surface area contributed by atoms with E-state index in [1.54, 1.807) is 0 Å². The van der Waals surface area contributed by atoms with Gasteiger partial charge in [0.05, 0.1) is 4.92 Å². The molecule has 2 N–H and O–H groups in total. The van der Waals surface area contributed by atoms with Crippen LogP contribution in [0.15, 0.2) is 36.4 Å². The molecule has 26 heavy (non-hydrogen) atoms. The van der Waals surface area contributed by atoms with E-state index in [0.717, 1.165) is 18.2 Å². The van der Waals surface area contributed by atoms with Crippen molar-refractivity contribution in [3.63, 3.8) is 0 Å². The lowest BCUT2D eigenvalue weighted by atomic mass is 10.00. The number of halogens is 3. The van der Waals surface area contributed by atoms with E-state index in [4.69, 9.17) is 0 Å². The molecule has 0 spiro atoms. The Bertz CT molecular complexity index is 842. The predicted octanol–water partition coefficient (Wildman–Crippen LogP) is 4.06. The Morgan fingerprint density at radius 1 is 1.19 bits per heavy atom. The van der Waals surface area contributed by atoms with E-state index in [1.165, 1.54) is 32.0 Å². The summed E-state index contributed by atoms with van der Waals surface area (Å²) in [5, 5.41) is 22.7. The average Bonchev–Trinajstić information content (AvgIpc) is 2.56. The number of nitrogens with one attached hydrogen (secondary N) is 1. The van der Waals surface area contributed by atoms with Gasteiger partial charge in [-0.1, -0.05) is 18.2 Å². The second-order valence-electron chi connectivity index (χ2n) is 5.74. The Hall–Kier alpha value is -2.94. The number of hydrogen-bond acceptors (Lipinski definition) is 4. The number of aliphatic hydroxyl groups excluding tert-OH is 1. The van der Waals surface area contributed by atoms with Crippen LogP contribution in [0.3, 0.4) is 0 Å². The fourth-order valence-corrected chi connectivity index (χ4v) is 2.49. The predicted molar refractivity (Wildman–Crippen MR) is 88.0 cm³/mol. The van der Waals surface area contributed by atoms with Crippen LogP contribution in [0.5, 0.6) is 0 Å². The number of aliphatic hydroxyl groups is 1. The van der Waals surface area contributed by atoms with Crippen LogP contribution < -0.4 is 5.32 Å². The summed E-state index contributed by atoms with van der Waals surface area (Å²) in [6.07, 6.45) is -7.42. The second-order valence-corrected chi connectivity index (χ2v) is 5.74. The summed E-state index contributed by atoms with van der Waals surface area (Å²) in [6, 6.07) is 7.34. The molecule has 0 aliphatic carbocycles. The number of alkyl halides is 3. The van der Waals surface area contributed by atoms with E-state index < -0.39 is 23.1 Å². The van der Waals surface area contributed by atoms with Crippen LogP contribution in [0, 0.1) is 24.0 Å². The minimum absolute atomic E-state index is 0.0393. The number of carbonyl (C=O) groups is 1. The van der Waals surface area contributed by atoms with Gasteiger partial charge in [0.25, 0.3) is 11.6 Å². The number of nitro benzene ring substituents is 1. The summed E-state index contributed by atoms with van der Waals surface area (Å²) >= 11 is 0. The number of aryl methyl sites for hydroxylation is 2. The highest BCUT2D eigenvalue weighted by atomic mass is 19.4. The molecule has 0 radical (unpaired) electrons. The number of nitrogens with zero attached hydrogens (tertiary/aromatic N) is 1. The number of amides is 1. The zero-order chi connectivity index (χ0) is 19.6. The Morgan fingerprint density at radius 3 is 2.27 bits per heavy atom. The minimum atomic E-state index is -4.80. The molecule has 1 amide bonds. The first-order chi connectivity index (χ1) is 12.0. The van der Waals surface area contributed by atoms with Gasteiger partial charge < -0.3 is 10.4 Å². The van der Waals surface area contributed by atoms with Gasteiger partial charge in [0.1, 0.15) is 0 Å². The molecule has 138 valence electrons. The highest BCUT2D eigenvalue weighted by molar-refractivity contribution is 6.05. The van der Waals surface area contributed by atoms with Crippen molar-refractivity contribution in [1.82, 2.24) is 0 Å². The monoisotopic (exact) mass is 368 g/mol. The van der Waals surface area contributed by atoms with Crippen LogP contribution in [0.2, 0.25) is 0 Å². The SMILES string of the molecule is Cc1cc(C(O)C(F)(F)F)cc(C)c1NC(=O)c1cccc([N+](=O)[O-])c1. The van der Waals surface area contributed by atoms with E-state index in [2.05, 4.69) is 5.32 Å². The summed E-state index contributed by atoms with van der Waals surface area (Å²) < 4.78 is 38.0. The molecule has 0 saturated carbocycles. The van der Waals surface area contributed by atoms with E-state index in [1.807, 2.05) is 0 Å². The summed E-state index contributed by atoms with van der Waals surface area (Å²) in [5.41, 5.74) is 0.372. The largest absolute Gasteiger partial charge is 0.418 e. The maximum Gasteiger partial charge on any atom is 0.418 e. The first-order valence-electron chi connectivity index (χ1n) is 7.42. The molecule has 0 aliphatic rings. The number of rotatable bonds is 4. The van der Waals surface area contributed by atoms with Crippen LogP contribution in [0.4, 0.5) is 24.5 Å². The summed E-state index contributed by atoms with van der Waals surface area (Å²) in [5.74, 6) is -0.635. The summed E-state index contributed by atoms with van der Waals surface area (Å²) in [6.45, 7) is 2.98. The zero-order valence-corrected chi connectivity index (χ0v) is 13.8. The first-order valence-corrected chi connectivity index (χ1v) is 7.42. The molecule has 2 aromatic rings. The number of nitro groups is 1. The van der Waals surface area contributed by atoms with Crippen molar-refractivity contribution in [3.8, 4) is 0 Å². The van der Waals surface area contributed by atoms with Crippen molar-refractivity contribution in [2.45, 2.75) is 26.1 Å². The number of non-ortho nitro benzene ring substituents is 1. The highest BCUT2D eigenvalue weighted by Crippen LogP contribution is 2.35. The highest BCUT2D eigenvalue weighted by Gasteiger charge is 2.39. The van der Waals surface area contributed by atoms with Crippen LogP contribution >= 0.6 is 0 Å². The van der Waals surface area contributed by atoms with Crippen LogP contribution in [-0.2, 0) is 0 Å². The van der Waals surface area contributed by atoms with Gasteiger partial charge in [-0.05, 0) is 36.6 Å². The maximum atomic E-state index is 12.7. The van der Waals surface area contributed by atoms with E-state index in [0.29, 0.717) is 11.1 Å². The van der Waals surface area contributed by atoms with Gasteiger partial charge in [0, 0.05) is 23.4 Å². The molecular formula is C17H15F3N2O4.